The molecule has 6 heteroatoms. The first-order valence-corrected chi connectivity index (χ1v) is 5.75. The summed E-state index contributed by atoms with van der Waals surface area (Å²) >= 11 is 1.31. The summed E-state index contributed by atoms with van der Waals surface area (Å²) in [6.45, 7) is 3.70. The Morgan fingerprint density at radius 1 is 1.69 bits per heavy atom. The van der Waals surface area contributed by atoms with Gasteiger partial charge < -0.3 is 14.4 Å². The second-order valence-electron chi connectivity index (χ2n) is 3.82. The van der Waals surface area contributed by atoms with Gasteiger partial charge in [-0.25, -0.2) is 0 Å². The average Bonchev–Trinajstić information content (AvgIpc) is 2.63. The highest BCUT2D eigenvalue weighted by Gasteiger charge is 2.27. The van der Waals surface area contributed by atoms with Gasteiger partial charge in [-0.2, -0.15) is 0 Å². The van der Waals surface area contributed by atoms with Crippen LogP contribution in [0.4, 0.5) is 0 Å². The summed E-state index contributed by atoms with van der Waals surface area (Å²) in [5, 5.41) is 12.8. The van der Waals surface area contributed by atoms with Gasteiger partial charge in [0.15, 0.2) is 5.76 Å². The Kier molecular flexibility index (Phi) is 4.37. The molecule has 0 aliphatic carbocycles. The Morgan fingerprint density at radius 2 is 2.38 bits per heavy atom. The van der Waals surface area contributed by atoms with Crippen molar-refractivity contribution in [2.24, 2.45) is 0 Å². The first-order chi connectivity index (χ1) is 7.45. The topological polar surface area (TPSA) is 72.6 Å². The van der Waals surface area contributed by atoms with Crippen molar-refractivity contribution in [1.82, 2.24) is 5.16 Å². The molecule has 1 rings (SSSR count). The molecular weight excluding hydrogens is 230 g/mol. The van der Waals surface area contributed by atoms with E-state index in [-0.39, 0.29) is 0 Å². The monoisotopic (exact) mass is 245 g/mol. The summed E-state index contributed by atoms with van der Waals surface area (Å²) in [5.41, 5.74) is 0.728. The largest absolute Gasteiger partial charge is 0.480 e. The minimum atomic E-state index is -0.835. The summed E-state index contributed by atoms with van der Waals surface area (Å²) in [4.78, 5) is 10.9. The number of nitrogens with zero attached hydrogens (tertiary/aromatic N) is 1. The van der Waals surface area contributed by atoms with Crippen LogP contribution in [-0.4, -0.2) is 28.1 Å². The van der Waals surface area contributed by atoms with Crippen molar-refractivity contribution in [2.75, 3.05) is 7.11 Å². The smallest absolute Gasteiger partial charge is 0.319 e. The van der Waals surface area contributed by atoms with Crippen molar-refractivity contribution in [3.8, 4) is 0 Å². The van der Waals surface area contributed by atoms with Gasteiger partial charge in [0.1, 0.15) is 11.4 Å². The number of carbonyl (C=O) groups is 1. The Balaban J connectivity index is 2.51. The molecular formula is C10H15NO4S. The molecule has 16 heavy (non-hydrogen) atoms. The summed E-state index contributed by atoms with van der Waals surface area (Å²) in [7, 11) is 1.57. The lowest BCUT2D eigenvalue weighted by Crippen LogP contribution is -2.27. The summed E-state index contributed by atoms with van der Waals surface area (Å²) in [6, 6.07) is 1.77. The molecule has 0 radical (unpaired) electrons. The normalized spacial score (nSPS) is 11.7. The maximum Gasteiger partial charge on any atom is 0.319 e. The molecule has 0 aromatic carbocycles. The summed E-state index contributed by atoms with van der Waals surface area (Å²) in [5.74, 6) is 0.316. The van der Waals surface area contributed by atoms with Crippen LogP contribution in [0.15, 0.2) is 10.6 Å². The molecule has 0 unspecified atom stereocenters. The zero-order valence-electron chi connectivity index (χ0n) is 9.52. The van der Waals surface area contributed by atoms with Gasteiger partial charge in [-0.05, 0) is 13.8 Å². The fourth-order valence-corrected chi connectivity index (χ4v) is 1.72. The third-order valence-corrected chi connectivity index (χ3v) is 3.33. The molecule has 90 valence electrons. The van der Waals surface area contributed by atoms with Gasteiger partial charge in [0.05, 0.1) is 5.69 Å². The molecule has 1 aromatic rings. The Labute approximate surface area is 98.1 Å². The van der Waals surface area contributed by atoms with E-state index < -0.39 is 10.7 Å². The van der Waals surface area contributed by atoms with E-state index >= 15 is 0 Å². The van der Waals surface area contributed by atoms with Crippen LogP contribution in [0.3, 0.4) is 0 Å². The fraction of sp³-hybridized carbons (Fsp3) is 0.600. The molecule has 0 amide bonds. The van der Waals surface area contributed by atoms with Crippen molar-refractivity contribution < 1.29 is 19.2 Å². The fourth-order valence-electron chi connectivity index (χ4n) is 0.950. The second-order valence-corrected chi connectivity index (χ2v) is 5.42. The van der Waals surface area contributed by atoms with Crippen LogP contribution in [0.25, 0.3) is 0 Å². The molecule has 0 bridgehead atoms. The van der Waals surface area contributed by atoms with E-state index in [9.17, 15) is 4.79 Å². The van der Waals surface area contributed by atoms with E-state index in [1.165, 1.54) is 11.8 Å². The average molecular weight is 245 g/mol. The number of hydrogen-bond donors (Lipinski definition) is 1. The van der Waals surface area contributed by atoms with Gasteiger partial charge >= 0.3 is 5.97 Å². The zero-order valence-corrected chi connectivity index (χ0v) is 10.3. The lowest BCUT2D eigenvalue weighted by atomic mass is 10.2. The number of ether oxygens (including phenoxy) is 1. The van der Waals surface area contributed by atoms with Crippen molar-refractivity contribution in [2.45, 2.75) is 31.0 Å². The highest BCUT2D eigenvalue weighted by Crippen LogP contribution is 2.28. The lowest BCUT2D eigenvalue weighted by molar-refractivity contribution is -0.138. The van der Waals surface area contributed by atoms with E-state index in [1.54, 1.807) is 27.0 Å². The van der Waals surface area contributed by atoms with Crippen molar-refractivity contribution >= 4 is 17.7 Å². The number of aliphatic carboxylic acids is 1. The third kappa shape index (κ3) is 3.53. The molecule has 0 fully saturated rings. The van der Waals surface area contributed by atoms with Crippen molar-refractivity contribution in [3.63, 3.8) is 0 Å². The van der Waals surface area contributed by atoms with Crippen LogP contribution >= 0.6 is 11.8 Å². The zero-order chi connectivity index (χ0) is 12.2. The lowest BCUT2D eigenvalue weighted by Gasteiger charge is -2.17. The summed E-state index contributed by atoms with van der Waals surface area (Å²) in [6.07, 6.45) is 0. The predicted octanol–water partition coefficient (Wildman–Crippen LogP) is 1.92. The van der Waals surface area contributed by atoms with Crippen LogP contribution in [0.5, 0.6) is 0 Å². The standard InChI is InChI=1S/C10H15NO4S/c1-10(2,9(12)13)16-6-7-4-8(5-14-3)15-11-7/h4H,5-6H2,1-3H3,(H,12,13). The SMILES string of the molecule is COCc1cc(CSC(C)(C)C(=O)O)no1. The van der Waals surface area contributed by atoms with Gasteiger partial charge in [0.25, 0.3) is 0 Å². The highest BCUT2D eigenvalue weighted by atomic mass is 32.2. The second kappa shape index (κ2) is 5.36. The van der Waals surface area contributed by atoms with E-state index in [0.717, 1.165) is 5.69 Å². The number of carboxylic acids is 1. The number of hydrogen-bond acceptors (Lipinski definition) is 5. The minimum Gasteiger partial charge on any atom is -0.480 e. The third-order valence-electron chi connectivity index (χ3n) is 1.99. The summed E-state index contributed by atoms with van der Waals surface area (Å²) < 4.78 is 9.07. The van der Waals surface area contributed by atoms with Gasteiger partial charge in [-0.3, -0.25) is 4.79 Å². The molecule has 1 heterocycles. The van der Waals surface area contributed by atoms with Crippen molar-refractivity contribution in [1.29, 1.82) is 0 Å². The van der Waals surface area contributed by atoms with Crippen LogP contribution in [0, 0.1) is 0 Å². The minimum absolute atomic E-state index is 0.375. The number of methoxy groups -OCH3 is 1. The molecule has 5 nitrogen and oxygen atoms in total. The van der Waals surface area contributed by atoms with Gasteiger partial charge in [-0.15, -0.1) is 11.8 Å². The molecule has 0 aliphatic heterocycles. The Bertz CT molecular complexity index is 361. The van der Waals surface area contributed by atoms with E-state index in [2.05, 4.69) is 5.16 Å². The maximum atomic E-state index is 10.9. The maximum absolute atomic E-state index is 10.9. The Morgan fingerprint density at radius 3 is 2.94 bits per heavy atom. The molecule has 1 aromatic heterocycles. The molecule has 1 N–H and O–H groups in total. The first kappa shape index (κ1) is 13.1. The van der Waals surface area contributed by atoms with Crippen LogP contribution < -0.4 is 0 Å². The van der Waals surface area contributed by atoms with E-state index in [1.807, 2.05) is 0 Å². The van der Waals surface area contributed by atoms with Gasteiger partial charge in [0, 0.05) is 18.9 Å². The van der Waals surface area contributed by atoms with Crippen LogP contribution in [-0.2, 0) is 21.9 Å². The van der Waals surface area contributed by atoms with Crippen LogP contribution in [0.2, 0.25) is 0 Å². The van der Waals surface area contributed by atoms with Gasteiger partial charge in [0.2, 0.25) is 0 Å². The number of rotatable bonds is 6. The van der Waals surface area contributed by atoms with Gasteiger partial charge in [-0.1, -0.05) is 5.16 Å². The van der Waals surface area contributed by atoms with E-state index in [4.69, 9.17) is 14.4 Å². The molecule has 0 saturated carbocycles. The van der Waals surface area contributed by atoms with E-state index in [0.29, 0.717) is 18.1 Å². The van der Waals surface area contributed by atoms with Crippen molar-refractivity contribution in [3.05, 3.63) is 17.5 Å². The molecule has 0 spiro atoms. The molecule has 0 saturated heterocycles. The predicted molar refractivity (Wildman–Crippen MR) is 60.2 cm³/mol. The quantitative estimate of drug-likeness (QED) is 0.825. The first-order valence-electron chi connectivity index (χ1n) is 4.76. The number of carboxylic acid groups (broad SMARTS) is 1. The molecule has 0 atom stereocenters. The Hall–Kier alpha value is -1.01. The number of thioether (sulfide) groups is 1. The molecule has 0 aliphatic rings. The number of aromatic nitrogens is 1. The highest BCUT2D eigenvalue weighted by molar-refractivity contribution is 8.00. The van der Waals surface area contributed by atoms with Crippen LogP contribution in [0.1, 0.15) is 25.3 Å².